The van der Waals surface area contributed by atoms with Crippen LogP contribution in [-0.4, -0.2) is 22.0 Å². The van der Waals surface area contributed by atoms with Crippen LogP contribution in [0.1, 0.15) is 33.2 Å². The number of benzene rings is 1. The van der Waals surface area contributed by atoms with Crippen molar-refractivity contribution >= 4 is 52.1 Å². The van der Waals surface area contributed by atoms with Crippen LogP contribution in [0.2, 0.25) is 10.0 Å². The zero-order valence-corrected chi connectivity index (χ0v) is 14.0. The maximum Gasteiger partial charge on any atom is 0.347 e. The van der Waals surface area contributed by atoms with E-state index in [0.717, 1.165) is 11.3 Å². The Labute approximate surface area is 140 Å². The molecule has 1 heterocycles. The highest BCUT2D eigenvalue weighted by Gasteiger charge is 2.23. The fraction of sp³-hybridized carbons (Fsp3) is 0.214. The summed E-state index contributed by atoms with van der Waals surface area (Å²) in [6, 6.07) is 4.72. The molecule has 1 aromatic heterocycles. The lowest BCUT2D eigenvalue weighted by atomic mass is 10.1. The number of nitrogens with zero attached hydrogens (tertiary/aromatic N) is 1. The van der Waals surface area contributed by atoms with E-state index in [2.05, 4.69) is 10.3 Å². The largest absolute Gasteiger partial charge is 0.477 e. The minimum Gasteiger partial charge on any atom is -0.477 e. The van der Waals surface area contributed by atoms with E-state index >= 15 is 0 Å². The van der Waals surface area contributed by atoms with E-state index in [1.165, 1.54) is 0 Å². The SMILES string of the molecule is Cc1nc([C@@H](C)C(=O)Nc2cc(Cl)cc(Cl)c2)sc1C(=O)O. The summed E-state index contributed by atoms with van der Waals surface area (Å²) in [5.74, 6) is -1.95. The second-order valence-electron chi connectivity index (χ2n) is 4.64. The number of hydrogen-bond donors (Lipinski definition) is 2. The van der Waals surface area contributed by atoms with Crippen LogP contribution in [-0.2, 0) is 4.79 Å². The lowest BCUT2D eigenvalue weighted by Gasteiger charge is -2.10. The molecule has 0 aliphatic carbocycles. The first-order chi connectivity index (χ1) is 10.3. The number of nitrogens with one attached hydrogen (secondary N) is 1. The van der Waals surface area contributed by atoms with Gasteiger partial charge in [-0.2, -0.15) is 0 Å². The molecule has 1 amide bonds. The number of thiazole rings is 1. The van der Waals surface area contributed by atoms with Crippen molar-refractivity contribution in [1.29, 1.82) is 0 Å². The Balaban J connectivity index is 2.18. The van der Waals surface area contributed by atoms with Crippen LogP contribution in [0.3, 0.4) is 0 Å². The number of rotatable bonds is 4. The number of carboxylic acid groups (broad SMARTS) is 1. The second-order valence-corrected chi connectivity index (χ2v) is 6.54. The molecule has 22 heavy (non-hydrogen) atoms. The van der Waals surface area contributed by atoms with Crippen LogP contribution in [0, 0.1) is 6.92 Å². The van der Waals surface area contributed by atoms with E-state index in [4.69, 9.17) is 28.3 Å². The standard InChI is InChI=1S/C14H12Cl2N2O3S/c1-6(13-17-7(2)11(22-13)14(20)21)12(19)18-10-4-8(15)3-9(16)5-10/h3-6H,1-2H3,(H,18,19)(H,20,21)/t6-/m0/s1. The van der Waals surface area contributed by atoms with Crippen molar-refractivity contribution in [2.75, 3.05) is 5.32 Å². The quantitative estimate of drug-likeness (QED) is 0.858. The Bertz CT molecular complexity index is 725. The highest BCUT2D eigenvalue weighted by Crippen LogP contribution is 2.27. The van der Waals surface area contributed by atoms with Crippen molar-refractivity contribution in [2.45, 2.75) is 19.8 Å². The van der Waals surface area contributed by atoms with Gasteiger partial charge in [-0.05, 0) is 32.0 Å². The summed E-state index contributed by atoms with van der Waals surface area (Å²) in [5, 5.41) is 13.0. The van der Waals surface area contributed by atoms with Crippen molar-refractivity contribution in [2.24, 2.45) is 0 Å². The fourth-order valence-corrected chi connectivity index (χ4v) is 3.27. The molecule has 0 bridgehead atoms. The number of hydrogen-bond acceptors (Lipinski definition) is 4. The molecule has 1 atom stereocenters. The lowest BCUT2D eigenvalue weighted by molar-refractivity contribution is -0.117. The van der Waals surface area contributed by atoms with Crippen LogP contribution >= 0.6 is 34.5 Å². The third kappa shape index (κ3) is 3.76. The van der Waals surface area contributed by atoms with Crippen molar-refractivity contribution in [3.63, 3.8) is 0 Å². The molecule has 5 nitrogen and oxygen atoms in total. The first kappa shape index (κ1) is 16.7. The number of halogens is 2. The molecule has 2 rings (SSSR count). The second kappa shape index (κ2) is 6.64. The maximum atomic E-state index is 12.2. The molecule has 116 valence electrons. The Hall–Kier alpha value is -1.63. The minimum absolute atomic E-state index is 0.139. The third-order valence-electron chi connectivity index (χ3n) is 2.90. The molecule has 0 unspecified atom stereocenters. The number of aryl methyl sites for hydroxylation is 1. The Kier molecular flexibility index (Phi) is 5.05. The van der Waals surface area contributed by atoms with Gasteiger partial charge in [0.05, 0.1) is 11.6 Å². The van der Waals surface area contributed by atoms with E-state index in [-0.39, 0.29) is 10.8 Å². The van der Waals surface area contributed by atoms with Gasteiger partial charge in [0, 0.05) is 15.7 Å². The first-order valence-electron chi connectivity index (χ1n) is 6.25. The molecular weight excluding hydrogens is 347 g/mol. The third-order valence-corrected chi connectivity index (χ3v) is 4.67. The van der Waals surface area contributed by atoms with Gasteiger partial charge in [0.25, 0.3) is 0 Å². The molecule has 2 aromatic rings. The predicted octanol–water partition coefficient (Wildman–Crippen LogP) is 4.20. The highest BCUT2D eigenvalue weighted by molar-refractivity contribution is 7.13. The topological polar surface area (TPSA) is 79.3 Å². The average molecular weight is 359 g/mol. The normalized spacial score (nSPS) is 12.0. The zero-order chi connectivity index (χ0) is 16.4. The van der Waals surface area contributed by atoms with E-state index in [1.807, 2.05) is 0 Å². The van der Waals surface area contributed by atoms with Crippen molar-refractivity contribution in [1.82, 2.24) is 4.98 Å². The summed E-state index contributed by atoms with van der Waals surface area (Å²) < 4.78 is 0. The molecule has 8 heteroatoms. The summed E-state index contributed by atoms with van der Waals surface area (Å²) in [4.78, 5) is 27.6. The Morgan fingerprint density at radius 3 is 2.36 bits per heavy atom. The fourth-order valence-electron chi connectivity index (χ4n) is 1.79. The van der Waals surface area contributed by atoms with E-state index in [9.17, 15) is 9.59 Å². The van der Waals surface area contributed by atoms with Gasteiger partial charge >= 0.3 is 5.97 Å². The van der Waals surface area contributed by atoms with Gasteiger partial charge in [0.2, 0.25) is 5.91 Å². The van der Waals surface area contributed by atoms with Crippen LogP contribution in [0.4, 0.5) is 5.69 Å². The molecule has 0 radical (unpaired) electrons. The molecule has 0 fully saturated rings. The number of amides is 1. The number of anilines is 1. The van der Waals surface area contributed by atoms with Gasteiger partial charge in [-0.3, -0.25) is 4.79 Å². The van der Waals surface area contributed by atoms with E-state index in [1.54, 1.807) is 32.0 Å². The van der Waals surface area contributed by atoms with Gasteiger partial charge in [0.1, 0.15) is 9.88 Å². The Morgan fingerprint density at radius 1 is 1.27 bits per heavy atom. The summed E-state index contributed by atoms with van der Waals surface area (Å²) in [6.07, 6.45) is 0. The van der Waals surface area contributed by atoms with Crippen LogP contribution < -0.4 is 5.32 Å². The van der Waals surface area contributed by atoms with Gasteiger partial charge in [-0.15, -0.1) is 11.3 Å². The zero-order valence-electron chi connectivity index (χ0n) is 11.7. The molecule has 0 saturated carbocycles. The number of aromatic nitrogens is 1. The predicted molar refractivity (Wildman–Crippen MR) is 87.3 cm³/mol. The van der Waals surface area contributed by atoms with Gasteiger partial charge in [0.15, 0.2) is 0 Å². The average Bonchev–Trinajstić information content (AvgIpc) is 2.78. The highest BCUT2D eigenvalue weighted by atomic mass is 35.5. The molecule has 0 spiro atoms. The molecule has 0 saturated heterocycles. The molecule has 2 N–H and O–H groups in total. The maximum absolute atomic E-state index is 12.2. The summed E-state index contributed by atoms with van der Waals surface area (Å²) in [6.45, 7) is 3.26. The Morgan fingerprint density at radius 2 is 1.86 bits per heavy atom. The summed E-state index contributed by atoms with van der Waals surface area (Å²) in [7, 11) is 0. The van der Waals surface area contributed by atoms with E-state index in [0.29, 0.717) is 26.4 Å². The van der Waals surface area contributed by atoms with Crippen molar-refractivity contribution < 1.29 is 14.7 Å². The number of carbonyl (C=O) groups excluding carboxylic acids is 1. The summed E-state index contributed by atoms with van der Waals surface area (Å²) in [5.41, 5.74) is 0.874. The van der Waals surface area contributed by atoms with Crippen LogP contribution in [0.5, 0.6) is 0 Å². The summed E-state index contributed by atoms with van der Waals surface area (Å²) >= 11 is 12.8. The van der Waals surface area contributed by atoms with E-state index < -0.39 is 11.9 Å². The monoisotopic (exact) mass is 358 g/mol. The van der Waals surface area contributed by atoms with Crippen molar-refractivity contribution in [3.05, 3.63) is 43.8 Å². The minimum atomic E-state index is -1.05. The molecule has 0 aliphatic heterocycles. The van der Waals surface area contributed by atoms with Gasteiger partial charge in [-0.25, -0.2) is 9.78 Å². The van der Waals surface area contributed by atoms with Crippen LogP contribution in [0.15, 0.2) is 18.2 Å². The number of aromatic carboxylic acids is 1. The molecule has 1 aromatic carbocycles. The molecule has 0 aliphatic rings. The number of carbonyl (C=O) groups is 2. The van der Waals surface area contributed by atoms with Gasteiger partial charge < -0.3 is 10.4 Å². The smallest absolute Gasteiger partial charge is 0.347 e. The number of carboxylic acids is 1. The molecular formula is C14H12Cl2N2O3S. The lowest BCUT2D eigenvalue weighted by Crippen LogP contribution is -2.18. The van der Waals surface area contributed by atoms with Crippen LogP contribution in [0.25, 0.3) is 0 Å². The van der Waals surface area contributed by atoms with Gasteiger partial charge in [-0.1, -0.05) is 23.2 Å². The van der Waals surface area contributed by atoms with Crippen molar-refractivity contribution in [3.8, 4) is 0 Å². The first-order valence-corrected chi connectivity index (χ1v) is 7.82.